The first-order valence-electron chi connectivity index (χ1n) is 9.29. The van der Waals surface area contributed by atoms with Gasteiger partial charge in [-0.3, -0.25) is 20.4 Å². The maximum absolute atomic E-state index is 12.4. The molecule has 2 aromatic carbocycles. The summed E-state index contributed by atoms with van der Waals surface area (Å²) in [6, 6.07) is 15.0. The van der Waals surface area contributed by atoms with Crippen LogP contribution in [0.4, 0.5) is 0 Å². The Morgan fingerprint density at radius 1 is 1.00 bits per heavy atom. The first-order valence-corrected chi connectivity index (χ1v) is 9.67. The Morgan fingerprint density at radius 2 is 1.77 bits per heavy atom. The minimum Gasteiger partial charge on any atom is -0.493 e. The topological polar surface area (TPSA) is 89.8 Å². The van der Waals surface area contributed by atoms with E-state index in [-0.39, 0.29) is 5.76 Å². The van der Waals surface area contributed by atoms with Crippen molar-refractivity contribution >= 4 is 23.4 Å². The lowest BCUT2D eigenvalue weighted by atomic mass is 10.2. The maximum Gasteiger partial charge on any atom is 0.305 e. The summed E-state index contributed by atoms with van der Waals surface area (Å²) in [5.41, 5.74) is 5.64. The molecule has 7 nitrogen and oxygen atoms in total. The molecule has 0 fully saturated rings. The Kier molecular flexibility index (Phi) is 6.98. The smallest absolute Gasteiger partial charge is 0.305 e. The number of hydrazine groups is 1. The summed E-state index contributed by atoms with van der Waals surface area (Å²) in [5.74, 6) is 0.342. The highest BCUT2D eigenvalue weighted by atomic mass is 35.5. The summed E-state index contributed by atoms with van der Waals surface area (Å²) in [6.45, 7) is 2.53. The molecule has 30 heavy (non-hydrogen) atoms. The van der Waals surface area contributed by atoms with E-state index in [2.05, 4.69) is 10.9 Å². The molecular weight excluding hydrogens is 408 g/mol. The van der Waals surface area contributed by atoms with Crippen LogP contribution in [0.2, 0.25) is 5.02 Å². The molecule has 1 heterocycles. The van der Waals surface area contributed by atoms with Crippen molar-refractivity contribution in [2.45, 2.75) is 13.3 Å². The Labute approximate surface area is 178 Å². The van der Waals surface area contributed by atoms with Crippen molar-refractivity contribution < 1.29 is 23.5 Å². The molecule has 0 aliphatic rings. The van der Waals surface area contributed by atoms with Crippen molar-refractivity contribution in [1.82, 2.24) is 10.9 Å². The Hall–Kier alpha value is -3.45. The number of benzene rings is 2. The van der Waals surface area contributed by atoms with Gasteiger partial charge in [-0.15, -0.1) is 0 Å². The SMILES string of the molecule is CCCOc1ccc(C(=O)NNC(=O)c2ccc(-c3ccccc3Cl)o2)cc1OC. The van der Waals surface area contributed by atoms with Gasteiger partial charge in [0.15, 0.2) is 17.3 Å². The van der Waals surface area contributed by atoms with Crippen molar-refractivity contribution in [3.05, 3.63) is 70.9 Å². The molecule has 0 radical (unpaired) electrons. The molecule has 0 bridgehead atoms. The van der Waals surface area contributed by atoms with Gasteiger partial charge >= 0.3 is 5.91 Å². The Balaban J connectivity index is 1.64. The lowest BCUT2D eigenvalue weighted by molar-refractivity contribution is 0.0831. The van der Waals surface area contributed by atoms with E-state index in [9.17, 15) is 9.59 Å². The summed E-state index contributed by atoms with van der Waals surface area (Å²) < 4.78 is 16.4. The summed E-state index contributed by atoms with van der Waals surface area (Å²) >= 11 is 6.15. The van der Waals surface area contributed by atoms with Crippen LogP contribution in [0.3, 0.4) is 0 Å². The first kappa shape index (κ1) is 21.3. The van der Waals surface area contributed by atoms with E-state index in [1.807, 2.05) is 13.0 Å². The number of carbonyl (C=O) groups excluding carboxylic acids is 2. The zero-order chi connectivity index (χ0) is 21.5. The van der Waals surface area contributed by atoms with Gasteiger partial charge in [0.1, 0.15) is 5.76 Å². The number of carbonyl (C=O) groups is 2. The highest BCUT2D eigenvalue weighted by molar-refractivity contribution is 6.33. The van der Waals surface area contributed by atoms with Gasteiger partial charge in [0, 0.05) is 11.1 Å². The number of rotatable bonds is 7. The van der Waals surface area contributed by atoms with Gasteiger partial charge in [-0.2, -0.15) is 0 Å². The van der Waals surface area contributed by atoms with Gasteiger partial charge < -0.3 is 13.9 Å². The van der Waals surface area contributed by atoms with Gasteiger partial charge in [-0.1, -0.05) is 30.7 Å². The van der Waals surface area contributed by atoms with Crippen LogP contribution in [-0.2, 0) is 0 Å². The van der Waals surface area contributed by atoms with Crippen LogP contribution in [0, 0.1) is 0 Å². The molecular formula is C22H21ClN2O5. The predicted molar refractivity (Wildman–Crippen MR) is 113 cm³/mol. The largest absolute Gasteiger partial charge is 0.493 e. The van der Waals surface area contributed by atoms with Gasteiger partial charge in [-0.25, -0.2) is 0 Å². The molecule has 3 aromatic rings. The van der Waals surface area contributed by atoms with Crippen LogP contribution in [0.5, 0.6) is 11.5 Å². The average molecular weight is 429 g/mol. The molecule has 0 aliphatic carbocycles. The van der Waals surface area contributed by atoms with Crippen molar-refractivity contribution in [1.29, 1.82) is 0 Å². The molecule has 1 aromatic heterocycles. The van der Waals surface area contributed by atoms with E-state index in [4.69, 9.17) is 25.5 Å². The maximum atomic E-state index is 12.4. The second kappa shape index (κ2) is 9.84. The van der Waals surface area contributed by atoms with E-state index in [1.165, 1.54) is 19.2 Å². The summed E-state index contributed by atoms with van der Waals surface area (Å²) in [4.78, 5) is 24.7. The van der Waals surface area contributed by atoms with Crippen LogP contribution >= 0.6 is 11.6 Å². The van der Waals surface area contributed by atoms with Crippen molar-refractivity contribution in [2.24, 2.45) is 0 Å². The standard InChI is InChI=1S/C22H21ClN2O5/c1-3-12-29-18-9-8-14(13-20(18)28-2)21(26)24-25-22(27)19-11-10-17(30-19)15-6-4-5-7-16(15)23/h4-11,13H,3,12H2,1-2H3,(H,24,26)(H,25,27). The fourth-order valence-corrected chi connectivity index (χ4v) is 2.88. The number of nitrogens with one attached hydrogen (secondary N) is 2. The number of hydrogen-bond donors (Lipinski definition) is 2. The van der Waals surface area contributed by atoms with Gasteiger partial charge in [0.05, 0.1) is 18.7 Å². The van der Waals surface area contributed by atoms with E-state index in [0.717, 1.165) is 6.42 Å². The van der Waals surface area contributed by atoms with Crippen LogP contribution in [0.1, 0.15) is 34.3 Å². The molecule has 0 saturated carbocycles. The second-order valence-corrected chi connectivity index (χ2v) is 6.67. The van der Waals surface area contributed by atoms with Crippen LogP contribution in [0.25, 0.3) is 11.3 Å². The van der Waals surface area contributed by atoms with Crippen LogP contribution < -0.4 is 20.3 Å². The summed E-state index contributed by atoms with van der Waals surface area (Å²) in [6.07, 6.45) is 0.850. The molecule has 2 N–H and O–H groups in total. The minimum atomic E-state index is -0.600. The van der Waals surface area contributed by atoms with E-state index in [0.29, 0.717) is 40.0 Å². The quantitative estimate of drug-likeness (QED) is 0.542. The Bertz CT molecular complexity index is 1050. The second-order valence-electron chi connectivity index (χ2n) is 6.27. The molecule has 8 heteroatoms. The molecule has 0 spiro atoms. The molecule has 2 amide bonds. The third-order valence-electron chi connectivity index (χ3n) is 4.15. The van der Waals surface area contributed by atoms with Gasteiger partial charge in [0.2, 0.25) is 0 Å². The molecule has 0 atom stereocenters. The van der Waals surface area contributed by atoms with E-state index >= 15 is 0 Å². The van der Waals surface area contributed by atoms with Crippen LogP contribution in [0.15, 0.2) is 59.0 Å². The number of methoxy groups -OCH3 is 1. The van der Waals surface area contributed by atoms with Crippen LogP contribution in [-0.4, -0.2) is 25.5 Å². The zero-order valence-corrected chi connectivity index (χ0v) is 17.3. The summed E-state index contributed by atoms with van der Waals surface area (Å²) in [5, 5.41) is 0.507. The minimum absolute atomic E-state index is 0.0334. The molecule has 0 saturated heterocycles. The molecule has 0 unspecified atom stereocenters. The lowest BCUT2D eigenvalue weighted by Gasteiger charge is -2.12. The third-order valence-corrected chi connectivity index (χ3v) is 4.48. The number of furan rings is 1. The van der Waals surface area contributed by atoms with E-state index < -0.39 is 11.8 Å². The van der Waals surface area contributed by atoms with Gasteiger partial charge in [0.25, 0.3) is 5.91 Å². The highest BCUT2D eigenvalue weighted by Crippen LogP contribution is 2.29. The Morgan fingerprint density at radius 3 is 2.50 bits per heavy atom. The monoisotopic (exact) mass is 428 g/mol. The third kappa shape index (κ3) is 4.93. The zero-order valence-electron chi connectivity index (χ0n) is 16.5. The average Bonchev–Trinajstić information content (AvgIpc) is 3.26. The van der Waals surface area contributed by atoms with Crippen molar-refractivity contribution in [2.75, 3.05) is 13.7 Å². The van der Waals surface area contributed by atoms with Crippen molar-refractivity contribution in [3.8, 4) is 22.8 Å². The lowest BCUT2D eigenvalue weighted by Crippen LogP contribution is -2.41. The number of hydrogen-bond acceptors (Lipinski definition) is 5. The number of ether oxygens (including phenoxy) is 2. The van der Waals surface area contributed by atoms with Gasteiger partial charge in [-0.05, 0) is 48.9 Å². The predicted octanol–water partition coefficient (Wildman–Crippen LogP) is 4.47. The highest BCUT2D eigenvalue weighted by Gasteiger charge is 2.16. The van der Waals surface area contributed by atoms with E-state index in [1.54, 1.807) is 36.4 Å². The normalized spacial score (nSPS) is 10.4. The molecule has 156 valence electrons. The number of amides is 2. The molecule has 0 aliphatic heterocycles. The number of halogens is 1. The molecule has 3 rings (SSSR count). The fourth-order valence-electron chi connectivity index (χ4n) is 2.65. The first-order chi connectivity index (χ1) is 14.5. The fraction of sp³-hybridized carbons (Fsp3) is 0.182. The summed E-state index contributed by atoms with van der Waals surface area (Å²) in [7, 11) is 1.49. The van der Waals surface area contributed by atoms with Crippen molar-refractivity contribution in [3.63, 3.8) is 0 Å².